The van der Waals surface area contributed by atoms with Crippen LogP contribution in [0.4, 0.5) is 13.2 Å². The standard InChI is InChI=1S/C18H21F3N2O/c1-24-12-6-11-23(14-16-8-4-5-10-22-16)13-15-7-2-3-9-17(15)18(19,20)21/h2-5,7-10H,6,11-14H2,1H3. The molecule has 3 nitrogen and oxygen atoms in total. The minimum atomic E-state index is -4.35. The first-order valence-electron chi connectivity index (χ1n) is 7.77. The lowest BCUT2D eigenvalue weighted by atomic mass is 10.1. The van der Waals surface area contributed by atoms with Crippen LogP contribution in [0.5, 0.6) is 0 Å². The van der Waals surface area contributed by atoms with E-state index in [-0.39, 0.29) is 12.1 Å². The van der Waals surface area contributed by atoms with Crippen molar-refractivity contribution in [2.75, 3.05) is 20.3 Å². The summed E-state index contributed by atoms with van der Waals surface area (Å²) >= 11 is 0. The molecule has 0 unspecified atom stereocenters. The molecule has 1 heterocycles. The summed E-state index contributed by atoms with van der Waals surface area (Å²) in [6, 6.07) is 11.3. The molecule has 0 N–H and O–H groups in total. The first kappa shape index (κ1) is 18.4. The lowest BCUT2D eigenvalue weighted by molar-refractivity contribution is -0.138. The van der Waals surface area contributed by atoms with Crippen LogP contribution in [-0.2, 0) is 24.0 Å². The van der Waals surface area contributed by atoms with Gasteiger partial charge < -0.3 is 4.74 Å². The molecule has 0 amide bonds. The van der Waals surface area contributed by atoms with E-state index in [4.69, 9.17) is 4.74 Å². The lowest BCUT2D eigenvalue weighted by Crippen LogP contribution is -2.26. The van der Waals surface area contributed by atoms with Gasteiger partial charge in [0.25, 0.3) is 0 Å². The molecule has 0 aliphatic heterocycles. The van der Waals surface area contributed by atoms with Gasteiger partial charge in [-0.05, 0) is 30.2 Å². The molecule has 0 saturated carbocycles. The molecule has 2 rings (SSSR count). The zero-order chi connectivity index (χ0) is 17.4. The summed E-state index contributed by atoms with van der Waals surface area (Å²) in [5.41, 5.74) is 0.528. The van der Waals surface area contributed by atoms with Crippen LogP contribution in [0, 0.1) is 0 Å². The van der Waals surface area contributed by atoms with E-state index in [1.54, 1.807) is 19.4 Å². The Hall–Kier alpha value is -1.92. The molecule has 0 spiro atoms. The number of aromatic nitrogens is 1. The van der Waals surface area contributed by atoms with Gasteiger partial charge in [-0.15, -0.1) is 0 Å². The van der Waals surface area contributed by atoms with E-state index in [2.05, 4.69) is 4.98 Å². The fraction of sp³-hybridized carbons (Fsp3) is 0.389. The third kappa shape index (κ3) is 5.62. The summed E-state index contributed by atoms with van der Waals surface area (Å²) in [7, 11) is 1.61. The normalized spacial score (nSPS) is 11.9. The van der Waals surface area contributed by atoms with Crippen molar-refractivity contribution in [1.82, 2.24) is 9.88 Å². The largest absolute Gasteiger partial charge is 0.416 e. The Bertz CT molecular complexity index is 617. The van der Waals surface area contributed by atoms with Crippen LogP contribution in [0.2, 0.25) is 0 Å². The monoisotopic (exact) mass is 338 g/mol. The van der Waals surface area contributed by atoms with E-state index in [1.165, 1.54) is 12.1 Å². The van der Waals surface area contributed by atoms with Gasteiger partial charge in [0.15, 0.2) is 0 Å². The van der Waals surface area contributed by atoms with Gasteiger partial charge in [-0.1, -0.05) is 24.3 Å². The molecular formula is C18H21F3N2O. The molecule has 1 aromatic carbocycles. The number of benzene rings is 1. The number of nitrogens with zero attached hydrogens (tertiary/aromatic N) is 2. The second-order valence-corrected chi connectivity index (χ2v) is 5.53. The minimum Gasteiger partial charge on any atom is -0.385 e. The molecule has 0 atom stereocenters. The predicted molar refractivity (Wildman–Crippen MR) is 86.3 cm³/mol. The maximum atomic E-state index is 13.2. The van der Waals surface area contributed by atoms with Gasteiger partial charge in [-0.2, -0.15) is 13.2 Å². The van der Waals surface area contributed by atoms with Crippen molar-refractivity contribution in [3.05, 3.63) is 65.5 Å². The van der Waals surface area contributed by atoms with Gasteiger partial charge >= 0.3 is 6.18 Å². The maximum absolute atomic E-state index is 13.2. The zero-order valence-corrected chi connectivity index (χ0v) is 13.6. The van der Waals surface area contributed by atoms with Gasteiger partial charge in [0.05, 0.1) is 11.3 Å². The highest BCUT2D eigenvalue weighted by Gasteiger charge is 2.33. The van der Waals surface area contributed by atoms with Gasteiger partial charge in [-0.3, -0.25) is 9.88 Å². The summed E-state index contributed by atoms with van der Waals surface area (Å²) in [6.45, 7) is 1.92. The minimum absolute atomic E-state index is 0.218. The van der Waals surface area contributed by atoms with Crippen LogP contribution in [0.15, 0.2) is 48.7 Å². The van der Waals surface area contributed by atoms with Gasteiger partial charge in [0, 0.05) is 39.5 Å². The number of hydrogen-bond acceptors (Lipinski definition) is 3. The summed E-state index contributed by atoms with van der Waals surface area (Å²) < 4.78 is 44.6. The maximum Gasteiger partial charge on any atom is 0.416 e. The molecule has 1 aromatic heterocycles. The number of ether oxygens (including phenoxy) is 1. The van der Waals surface area contributed by atoms with Crippen molar-refractivity contribution < 1.29 is 17.9 Å². The molecule has 24 heavy (non-hydrogen) atoms. The fourth-order valence-electron chi connectivity index (χ4n) is 2.54. The van der Waals surface area contributed by atoms with E-state index in [0.717, 1.165) is 18.2 Å². The van der Waals surface area contributed by atoms with Gasteiger partial charge in [0.1, 0.15) is 0 Å². The van der Waals surface area contributed by atoms with Crippen LogP contribution in [-0.4, -0.2) is 30.1 Å². The van der Waals surface area contributed by atoms with Crippen LogP contribution in [0.1, 0.15) is 23.2 Å². The SMILES string of the molecule is COCCCN(Cc1ccccn1)Cc1ccccc1C(F)(F)F. The Balaban J connectivity index is 2.15. The van der Waals surface area contributed by atoms with Gasteiger partial charge in [-0.25, -0.2) is 0 Å². The highest BCUT2D eigenvalue weighted by molar-refractivity contribution is 5.29. The quantitative estimate of drug-likeness (QED) is 0.677. The van der Waals surface area contributed by atoms with Gasteiger partial charge in [0.2, 0.25) is 0 Å². The Morgan fingerprint density at radius 1 is 1.04 bits per heavy atom. The van der Waals surface area contributed by atoms with Crippen molar-refractivity contribution in [2.24, 2.45) is 0 Å². The molecular weight excluding hydrogens is 317 g/mol. The lowest BCUT2D eigenvalue weighted by Gasteiger charge is -2.24. The van der Waals surface area contributed by atoms with Crippen molar-refractivity contribution in [2.45, 2.75) is 25.7 Å². The van der Waals surface area contributed by atoms with Crippen LogP contribution >= 0.6 is 0 Å². The predicted octanol–water partition coefficient (Wildman–Crippen LogP) is 4.14. The highest BCUT2D eigenvalue weighted by Crippen LogP contribution is 2.32. The number of halogens is 3. The highest BCUT2D eigenvalue weighted by atomic mass is 19.4. The number of pyridine rings is 1. The van der Waals surface area contributed by atoms with Crippen LogP contribution in [0.25, 0.3) is 0 Å². The number of hydrogen-bond donors (Lipinski definition) is 0. The molecule has 0 saturated heterocycles. The van der Waals surface area contributed by atoms with Crippen LogP contribution in [0.3, 0.4) is 0 Å². The molecule has 0 aliphatic carbocycles. The van der Waals surface area contributed by atoms with Crippen LogP contribution < -0.4 is 0 Å². The first-order chi connectivity index (χ1) is 11.5. The second-order valence-electron chi connectivity index (χ2n) is 5.53. The Kier molecular flexibility index (Phi) is 6.75. The Morgan fingerprint density at radius 2 is 1.79 bits per heavy atom. The Morgan fingerprint density at radius 3 is 2.46 bits per heavy atom. The van der Waals surface area contributed by atoms with E-state index in [9.17, 15) is 13.2 Å². The van der Waals surface area contributed by atoms with E-state index in [1.807, 2.05) is 23.1 Å². The summed E-state index contributed by atoms with van der Waals surface area (Å²) in [5, 5.41) is 0. The van der Waals surface area contributed by atoms with E-state index < -0.39 is 11.7 Å². The average molecular weight is 338 g/mol. The molecule has 130 valence electrons. The molecule has 0 radical (unpaired) electrons. The summed E-state index contributed by atoms with van der Waals surface area (Å²) in [4.78, 5) is 6.23. The summed E-state index contributed by atoms with van der Waals surface area (Å²) in [6.07, 6.45) is -1.91. The molecule has 0 aliphatic rings. The number of methoxy groups -OCH3 is 1. The van der Waals surface area contributed by atoms with Crippen molar-refractivity contribution >= 4 is 0 Å². The fourth-order valence-corrected chi connectivity index (χ4v) is 2.54. The topological polar surface area (TPSA) is 25.4 Å². The summed E-state index contributed by atoms with van der Waals surface area (Å²) in [5.74, 6) is 0. The third-order valence-corrected chi connectivity index (χ3v) is 3.65. The molecule has 6 heteroatoms. The van der Waals surface area contributed by atoms with Crippen molar-refractivity contribution in [3.63, 3.8) is 0 Å². The average Bonchev–Trinajstić information content (AvgIpc) is 2.55. The van der Waals surface area contributed by atoms with Crippen molar-refractivity contribution in [1.29, 1.82) is 0 Å². The zero-order valence-electron chi connectivity index (χ0n) is 13.6. The third-order valence-electron chi connectivity index (χ3n) is 3.65. The first-order valence-corrected chi connectivity index (χ1v) is 7.77. The van der Waals surface area contributed by atoms with E-state index in [0.29, 0.717) is 19.7 Å². The molecule has 2 aromatic rings. The Labute approximate surface area is 140 Å². The van der Waals surface area contributed by atoms with Crippen molar-refractivity contribution in [3.8, 4) is 0 Å². The molecule has 0 fully saturated rings. The number of alkyl halides is 3. The molecule has 0 bridgehead atoms. The van der Waals surface area contributed by atoms with E-state index >= 15 is 0 Å². The second kappa shape index (κ2) is 8.80. The number of rotatable bonds is 8. The smallest absolute Gasteiger partial charge is 0.385 e.